The van der Waals surface area contributed by atoms with Crippen molar-refractivity contribution >= 4 is 11.9 Å². The number of carbonyl (C=O) groups is 2. The highest BCUT2D eigenvalue weighted by Crippen LogP contribution is 2.31. The van der Waals surface area contributed by atoms with Gasteiger partial charge in [-0.15, -0.1) is 0 Å². The second kappa shape index (κ2) is 7.05. The number of aromatic nitrogens is 1. The zero-order valence-corrected chi connectivity index (χ0v) is 11.3. The molecule has 5 nitrogen and oxygen atoms in total. The van der Waals surface area contributed by atoms with Crippen molar-refractivity contribution in [3.63, 3.8) is 0 Å². The molecule has 0 aliphatic heterocycles. The van der Waals surface area contributed by atoms with Crippen LogP contribution in [0.3, 0.4) is 0 Å². The fraction of sp³-hybridized carbons (Fsp3) is 0.462. The van der Waals surface area contributed by atoms with Gasteiger partial charge in [-0.05, 0) is 12.5 Å². The Balaban J connectivity index is 2.96. The summed E-state index contributed by atoms with van der Waals surface area (Å²) in [5, 5.41) is 11.1. The van der Waals surface area contributed by atoms with E-state index in [0.29, 0.717) is 19.0 Å². The molecule has 0 radical (unpaired) electrons. The molecule has 0 aromatic carbocycles. The van der Waals surface area contributed by atoms with Gasteiger partial charge in [0.1, 0.15) is 6.04 Å². The summed E-state index contributed by atoms with van der Waals surface area (Å²) in [5.41, 5.74) is -1.83. The van der Waals surface area contributed by atoms with Gasteiger partial charge in [0, 0.05) is 12.4 Å². The molecule has 116 valence electrons. The van der Waals surface area contributed by atoms with Crippen molar-refractivity contribution < 1.29 is 27.9 Å². The molecule has 21 heavy (non-hydrogen) atoms. The number of hydrogen-bond donors (Lipinski definition) is 2. The summed E-state index contributed by atoms with van der Waals surface area (Å²) >= 11 is 0. The van der Waals surface area contributed by atoms with Gasteiger partial charge in [0.05, 0.1) is 11.1 Å². The Labute approximate surface area is 119 Å². The quantitative estimate of drug-likeness (QED) is 0.846. The maximum absolute atomic E-state index is 12.8. The molecule has 1 amide bonds. The van der Waals surface area contributed by atoms with Gasteiger partial charge in [0.15, 0.2) is 0 Å². The molecular weight excluding hydrogens is 289 g/mol. The summed E-state index contributed by atoms with van der Waals surface area (Å²) < 4.78 is 38.3. The van der Waals surface area contributed by atoms with Gasteiger partial charge in [-0.25, -0.2) is 4.79 Å². The highest BCUT2D eigenvalue weighted by atomic mass is 19.4. The van der Waals surface area contributed by atoms with E-state index in [2.05, 4.69) is 10.3 Å². The van der Waals surface area contributed by atoms with Gasteiger partial charge in [0.2, 0.25) is 0 Å². The van der Waals surface area contributed by atoms with Crippen LogP contribution in [-0.4, -0.2) is 28.0 Å². The van der Waals surface area contributed by atoms with Crippen molar-refractivity contribution in [2.45, 2.75) is 38.4 Å². The number of nitrogens with zero attached hydrogens (tertiary/aromatic N) is 1. The van der Waals surface area contributed by atoms with Crippen LogP contribution in [0.5, 0.6) is 0 Å². The molecule has 0 unspecified atom stereocenters. The van der Waals surface area contributed by atoms with Gasteiger partial charge < -0.3 is 10.4 Å². The summed E-state index contributed by atoms with van der Waals surface area (Å²) in [5.74, 6) is -2.35. The van der Waals surface area contributed by atoms with Crippen molar-refractivity contribution in [2.75, 3.05) is 0 Å². The number of nitrogens with one attached hydrogen (secondary N) is 1. The summed E-state index contributed by atoms with van der Waals surface area (Å²) in [7, 11) is 0. The Bertz CT molecular complexity index is 518. The van der Waals surface area contributed by atoms with E-state index in [9.17, 15) is 22.8 Å². The lowest BCUT2D eigenvalue weighted by atomic mass is 10.1. The summed E-state index contributed by atoms with van der Waals surface area (Å²) in [6.45, 7) is 1.84. The van der Waals surface area contributed by atoms with Crippen LogP contribution in [0.15, 0.2) is 18.5 Å². The molecule has 0 saturated heterocycles. The molecule has 1 atom stereocenters. The predicted octanol–water partition coefficient (Wildman–Crippen LogP) is 2.47. The van der Waals surface area contributed by atoms with Crippen LogP contribution in [0.1, 0.15) is 42.1 Å². The molecule has 1 heterocycles. The minimum absolute atomic E-state index is 0.157. The number of halogens is 3. The van der Waals surface area contributed by atoms with E-state index < -0.39 is 35.2 Å². The largest absolute Gasteiger partial charge is 0.480 e. The van der Waals surface area contributed by atoms with Crippen LogP contribution < -0.4 is 5.32 Å². The molecule has 1 rings (SSSR count). The van der Waals surface area contributed by atoms with Crippen LogP contribution in [-0.2, 0) is 11.0 Å². The Hall–Kier alpha value is -2.12. The fourth-order valence-electron chi connectivity index (χ4n) is 1.72. The lowest BCUT2D eigenvalue weighted by molar-refractivity contribution is -0.139. The molecule has 8 heteroatoms. The first-order chi connectivity index (χ1) is 9.77. The number of unbranched alkanes of at least 4 members (excludes halogenated alkanes) is 1. The maximum atomic E-state index is 12.8. The van der Waals surface area contributed by atoms with Gasteiger partial charge in [-0.2, -0.15) is 13.2 Å². The minimum Gasteiger partial charge on any atom is -0.480 e. The second-order valence-corrected chi connectivity index (χ2v) is 4.43. The number of aliphatic carboxylic acids is 1. The molecule has 2 N–H and O–H groups in total. The fourth-order valence-corrected chi connectivity index (χ4v) is 1.72. The molecule has 1 aromatic heterocycles. The lowest BCUT2D eigenvalue weighted by Crippen LogP contribution is -2.41. The van der Waals surface area contributed by atoms with Crippen molar-refractivity contribution in [1.82, 2.24) is 10.3 Å². The zero-order chi connectivity index (χ0) is 16.0. The third kappa shape index (κ3) is 4.73. The molecule has 0 aliphatic rings. The summed E-state index contributed by atoms with van der Waals surface area (Å²) in [6, 6.07) is -0.302. The highest BCUT2D eigenvalue weighted by Gasteiger charge is 2.36. The topological polar surface area (TPSA) is 79.3 Å². The van der Waals surface area contributed by atoms with E-state index in [4.69, 9.17) is 5.11 Å². The van der Waals surface area contributed by atoms with E-state index in [-0.39, 0.29) is 6.42 Å². The van der Waals surface area contributed by atoms with Crippen LogP contribution in [0, 0.1) is 0 Å². The smallest absolute Gasteiger partial charge is 0.418 e. The average molecular weight is 304 g/mol. The number of carboxylic acid groups (broad SMARTS) is 1. The number of hydrogen-bond acceptors (Lipinski definition) is 3. The number of rotatable bonds is 6. The third-order valence-electron chi connectivity index (χ3n) is 2.82. The van der Waals surface area contributed by atoms with Gasteiger partial charge in [-0.3, -0.25) is 9.78 Å². The Morgan fingerprint density at radius 2 is 2.10 bits per heavy atom. The Morgan fingerprint density at radius 1 is 1.43 bits per heavy atom. The van der Waals surface area contributed by atoms with Gasteiger partial charge >= 0.3 is 12.1 Å². The predicted molar refractivity (Wildman–Crippen MR) is 67.7 cm³/mol. The SMILES string of the molecule is CCCC[C@H](NC(=O)c1ccncc1C(F)(F)F)C(=O)O. The van der Waals surface area contributed by atoms with Crippen LogP contribution in [0.2, 0.25) is 0 Å². The number of pyridine rings is 1. The molecule has 0 spiro atoms. The van der Waals surface area contributed by atoms with Crippen molar-refractivity contribution in [1.29, 1.82) is 0 Å². The van der Waals surface area contributed by atoms with Crippen molar-refractivity contribution in [3.8, 4) is 0 Å². The maximum Gasteiger partial charge on any atom is 0.418 e. The molecule has 1 aromatic rings. The average Bonchev–Trinajstić information content (AvgIpc) is 2.42. The van der Waals surface area contributed by atoms with E-state index >= 15 is 0 Å². The number of amides is 1. The van der Waals surface area contributed by atoms with Crippen molar-refractivity contribution in [3.05, 3.63) is 29.6 Å². The third-order valence-corrected chi connectivity index (χ3v) is 2.82. The summed E-state index contributed by atoms with van der Waals surface area (Å²) in [6.07, 6.45) is -1.74. The normalized spacial score (nSPS) is 12.8. The molecule has 0 saturated carbocycles. The van der Waals surface area contributed by atoms with Gasteiger partial charge in [-0.1, -0.05) is 19.8 Å². The lowest BCUT2D eigenvalue weighted by Gasteiger charge is -2.16. The van der Waals surface area contributed by atoms with Crippen LogP contribution >= 0.6 is 0 Å². The number of carbonyl (C=O) groups excluding carboxylic acids is 1. The van der Waals surface area contributed by atoms with E-state index in [1.54, 1.807) is 0 Å². The Kier molecular flexibility index (Phi) is 5.69. The standard InChI is InChI=1S/C13H15F3N2O3/c1-2-3-4-10(12(20)21)18-11(19)8-5-6-17-7-9(8)13(14,15)16/h5-7,10H,2-4H2,1H3,(H,18,19)(H,20,21)/t10-/m0/s1. The monoisotopic (exact) mass is 304 g/mol. The van der Waals surface area contributed by atoms with E-state index in [1.165, 1.54) is 0 Å². The van der Waals surface area contributed by atoms with E-state index in [1.807, 2.05) is 6.92 Å². The highest BCUT2D eigenvalue weighted by molar-refractivity contribution is 5.97. The van der Waals surface area contributed by atoms with Crippen LogP contribution in [0.25, 0.3) is 0 Å². The first kappa shape index (κ1) is 16.9. The first-order valence-corrected chi connectivity index (χ1v) is 6.32. The number of carboxylic acids is 1. The molecule has 0 fully saturated rings. The molecular formula is C13H15F3N2O3. The molecule has 0 bridgehead atoms. The summed E-state index contributed by atoms with van der Waals surface area (Å²) in [4.78, 5) is 26.2. The first-order valence-electron chi connectivity index (χ1n) is 6.32. The van der Waals surface area contributed by atoms with E-state index in [0.717, 1.165) is 12.3 Å². The van der Waals surface area contributed by atoms with Crippen molar-refractivity contribution in [2.24, 2.45) is 0 Å². The minimum atomic E-state index is -4.73. The zero-order valence-electron chi connectivity index (χ0n) is 11.3. The van der Waals surface area contributed by atoms with Gasteiger partial charge in [0.25, 0.3) is 5.91 Å². The molecule has 0 aliphatic carbocycles. The Morgan fingerprint density at radius 3 is 2.62 bits per heavy atom. The second-order valence-electron chi connectivity index (χ2n) is 4.43. The number of alkyl halides is 3. The van der Waals surface area contributed by atoms with Crippen LogP contribution in [0.4, 0.5) is 13.2 Å².